The Balaban J connectivity index is 2.21. The quantitative estimate of drug-likeness (QED) is 0.353. The molecule has 0 saturated heterocycles. The van der Waals surface area contributed by atoms with Gasteiger partial charge in [-0.3, -0.25) is 0 Å². The Morgan fingerprint density at radius 2 is 1.86 bits per heavy atom. The predicted octanol–water partition coefficient (Wildman–Crippen LogP) is 4.68. The molecule has 0 aliphatic heterocycles. The lowest BCUT2D eigenvalue weighted by Crippen LogP contribution is -2.40. The molecule has 1 aromatic carbocycles. The summed E-state index contributed by atoms with van der Waals surface area (Å²) in [4.78, 5) is 15.7. The fourth-order valence-corrected chi connectivity index (χ4v) is 3.79. The average Bonchev–Trinajstić information content (AvgIpc) is 2.78. The van der Waals surface area contributed by atoms with Gasteiger partial charge in [-0.15, -0.1) is 0 Å². The number of alkyl halides is 3. The van der Waals surface area contributed by atoms with E-state index in [1.165, 1.54) is 25.3 Å². The second-order valence-electron chi connectivity index (χ2n) is 8.05. The monoisotopic (exact) mass is 569 g/mol. The first kappa shape index (κ1) is 30.4. The first-order valence-electron chi connectivity index (χ1n) is 10.9. The number of halogens is 4. The van der Waals surface area contributed by atoms with Gasteiger partial charge in [0.1, 0.15) is 23.1 Å². The second kappa shape index (κ2) is 13.1. The van der Waals surface area contributed by atoms with Crippen LogP contribution < -0.4 is 19.5 Å². The standard InChI is InChI=1S/C22H27ClF3N3O7S/c1-13(2)14(3)29-37(31,32)36-21(30)28-11-15-5-6-17(34-8-7-33-4)10-19(15)35-20-18(23)9-16(12-27-20)22(24,25)26/h5-6,9-10,12-14,29H,7-8,11H2,1-4H3,(H,28,30). The molecule has 10 nitrogen and oxygen atoms in total. The van der Waals surface area contributed by atoms with E-state index in [0.29, 0.717) is 18.0 Å². The van der Waals surface area contributed by atoms with Gasteiger partial charge in [-0.2, -0.15) is 26.3 Å². The SMILES string of the molecule is COCCOc1ccc(CNC(=O)OS(=O)(=O)NC(C)C(C)C)c(Oc2ncc(C(F)(F)F)cc2Cl)c1. The molecule has 15 heteroatoms. The second-order valence-corrected chi connectivity index (χ2v) is 9.77. The van der Waals surface area contributed by atoms with Gasteiger partial charge in [-0.1, -0.05) is 25.4 Å². The summed E-state index contributed by atoms with van der Waals surface area (Å²) in [6.07, 6.45) is -5.35. The van der Waals surface area contributed by atoms with Gasteiger partial charge in [0.15, 0.2) is 0 Å². The lowest BCUT2D eigenvalue weighted by atomic mass is 10.1. The highest BCUT2D eigenvalue weighted by atomic mass is 35.5. The minimum Gasteiger partial charge on any atom is -0.491 e. The van der Waals surface area contributed by atoms with Crippen LogP contribution in [-0.2, 0) is 31.9 Å². The molecular weight excluding hydrogens is 543 g/mol. The minimum absolute atomic E-state index is 0.0267. The average molecular weight is 570 g/mol. The van der Waals surface area contributed by atoms with Crippen LogP contribution in [-0.4, -0.2) is 45.9 Å². The molecule has 0 aliphatic rings. The van der Waals surface area contributed by atoms with Crippen molar-refractivity contribution in [2.45, 2.75) is 39.5 Å². The lowest BCUT2D eigenvalue weighted by Gasteiger charge is -2.17. The maximum Gasteiger partial charge on any atom is 0.423 e. The topological polar surface area (TPSA) is 125 Å². The molecule has 37 heavy (non-hydrogen) atoms. The van der Waals surface area contributed by atoms with Crippen LogP contribution >= 0.6 is 11.6 Å². The molecule has 1 atom stereocenters. The number of rotatable bonds is 12. The van der Waals surface area contributed by atoms with Crippen LogP contribution in [0.25, 0.3) is 0 Å². The number of amides is 1. The molecular formula is C22H27ClF3N3O7S. The first-order valence-corrected chi connectivity index (χ1v) is 12.6. The van der Waals surface area contributed by atoms with Crippen LogP contribution in [0.3, 0.4) is 0 Å². The summed E-state index contributed by atoms with van der Waals surface area (Å²) in [7, 11) is -2.88. The highest BCUT2D eigenvalue weighted by Crippen LogP contribution is 2.36. The minimum atomic E-state index is -4.65. The molecule has 206 valence electrons. The number of carbonyl (C=O) groups is 1. The Hall–Kier alpha value is -2.81. The van der Waals surface area contributed by atoms with Crippen LogP contribution in [0.1, 0.15) is 31.9 Å². The summed E-state index contributed by atoms with van der Waals surface area (Å²) >= 11 is 5.94. The summed E-state index contributed by atoms with van der Waals surface area (Å²) < 4.78 is 85.6. The van der Waals surface area contributed by atoms with Crippen LogP contribution in [0.5, 0.6) is 17.4 Å². The van der Waals surface area contributed by atoms with E-state index in [-0.39, 0.29) is 42.9 Å². The first-order chi connectivity index (χ1) is 17.2. The molecule has 0 bridgehead atoms. The number of ether oxygens (including phenoxy) is 3. The number of pyridine rings is 1. The van der Waals surface area contributed by atoms with E-state index in [1.54, 1.807) is 20.8 Å². The van der Waals surface area contributed by atoms with Crippen LogP contribution in [0.15, 0.2) is 30.5 Å². The van der Waals surface area contributed by atoms with Crippen molar-refractivity contribution in [3.63, 3.8) is 0 Å². The highest BCUT2D eigenvalue weighted by molar-refractivity contribution is 7.85. The van der Waals surface area contributed by atoms with Gasteiger partial charge >= 0.3 is 22.6 Å². The molecule has 1 heterocycles. The van der Waals surface area contributed by atoms with E-state index in [0.717, 1.165) is 0 Å². The van der Waals surface area contributed by atoms with E-state index >= 15 is 0 Å². The maximum absolute atomic E-state index is 12.9. The lowest BCUT2D eigenvalue weighted by molar-refractivity contribution is -0.137. The maximum atomic E-state index is 12.9. The Labute approximate surface area is 217 Å². The molecule has 0 radical (unpaired) electrons. The van der Waals surface area contributed by atoms with E-state index in [1.807, 2.05) is 0 Å². The van der Waals surface area contributed by atoms with Crippen LogP contribution in [0.4, 0.5) is 18.0 Å². The van der Waals surface area contributed by atoms with Crippen molar-refractivity contribution in [3.05, 3.63) is 46.6 Å². The van der Waals surface area contributed by atoms with Crippen molar-refractivity contribution < 1.29 is 44.8 Å². The van der Waals surface area contributed by atoms with Crippen LogP contribution in [0.2, 0.25) is 5.02 Å². The van der Waals surface area contributed by atoms with Crippen molar-refractivity contribution in [2.24, 2.45) is 5.92 Å². The number of aromatic nitrogens is 1. The number of benzene rings is 1. The third-order valence-electron chi connectivity index (χ3n) is 4.87. The number of hydrogen-bond donors (Lipinski definition) is 2. The predicted molar refractivity (Wildman–Crippen MR) is 128 cm³/mol. The molecule has 1 aromatic heterocycles. The number of nitrogens with zero attached hydrogens (tertiary/aromatic N) is 1. The molecule has 0 aliphatic carbocycles. The zero-order valence-electron chi connectivity index (χ0n) is 20.4. The molecule has 2 N–H and O–H groups in total. The highest BCUT2D eigenvalue weighted by Gasteiger charge is 2.32. The largest absolute Gasteiger partial charge is 0.491 e. The van der Waals surface area contributed by atoms with E-state index in [2.05, 4.69) is 19.2 Å². The van der Waals surface area contributed by atoms with Gasteiger partial charge in [0, 0.05) is 37.5 Å². The van der Waals surface area contributed by atoms with E-state index < -0.39 is 39.2 Å². The van der Waals surface area contributed by atoms with Crippen LogP contribution in [0, 0.1) is 5.92 Å². The number of methoxy groups -OCH3 is 1. The van der Waals surface area contributed by atoms with Crippen molar-refractivity contribution in [1.82, 2.24) is 15.0 Å². The molecule has 0 saturated carbocycles. The summed E-state index contributed by atoms with van der Waals surface area (Å²) in [5.74, 6) is -0.0342. The Kier molecular flexibility index (Phi) is 10.8. The third kappa shape index (κ3) is 9.87. The van der Waals surface area contributed by atoms with E-state index in [4.69, 9.17) is 25.8 Å². The molecule has 0 fully saturated rings. The Morgan fingerprint density at radius 3 is 2.46 bits per heavy atom. The van der Waals surface area contributed by atoms with Gasteiger partial charge in [0.05, 0.1) is 12.2 Å². The molecule has 0 spiro atoms. The van der Waals surface area contributed by atoms with E-state index in [9.17, 15) is 26.4 Å². The Bertz CT molecular complexity index is 1180. The van der Waals surface area contributed by atoms with Gasteiger partial charge in [0.2, 0.25) is 5.88 Å². The third-order valence-corrected chi connectivity index (χ3v) is 6.18. The Morgan fingerprint density at radius 1 is 1.16 bits per heavy atom. The molecule has 1 unspecified atom stereocenters. The zero-order valence-corrected chi connectivity index (χ0v) is 22.0. The normalized spacial score (nSPS) is 12.8. The van der Waals surface area contributed by atoms with Crippen molar-refractivity contribution in [1.29, 1.82) is 0 Å². The molecule has 1 amide bonds. The van der Waals surface area contributed by atoms with Crippen molar-refractivity contribution in [2.75, 3.05) is 20.3 Å². The number of carbonyl (C=O) groups excluding carboxylic acids is 1. The fraction of sp³-hybridized carbons (Fsp3) is 0.455. The van der Waals surface area contributed by atoms with Gasteiger partial charge in [-0.25, -0.2) is 9.78 Å². The van der Waals surface area contributed by atoms with Gasteiger partial charge in [0.25, 0.3) is 0 Å². The van der Waals surface area contributed by atoms with Crippen molar-refractivity contribution in [3.8, 4) is 17.4 Å². The number of hydrogen-bond acceptors (Lipinski definition) is 8. The molecule has 2 aromatic rings. The van der Waals surface area contributed by atoms with Gasteiger partial charge < -0.3 is 23.7 Å². The summed E-state index contributed by atoms with van der Waals surface area (Å²) in [5.41, 5.74) is -0.776. The zero-order chi connectivity index (χ0) is 27.8. The van der Waals surface area contributed by atoms with Gasteiger partial charge in [-0.05, 0) is 31.0 Å². The smallest absolute Gasteiger partial charge is 0.423 e. The van der Waals surface area contributed by atoms with Crippen molar-refractivity contribution >= 4 is 28.0 Å². The summed E-state index contributed by atoms with van der Waals surface area (Å²) in [6, 6.07) is 4.60. The fourth-order valence-electron chi connectivity index (χ4n) is 2.55. The summed E-state index contributed by atoms with van der Waals surface area (Å²) in [5, 5.41) is 1.87. The molecule has 2 rings (SSSR count). The number of nitrogens with one attached hydrogen (secondary N) is 2. The summed E-state index contributed by atoms with van der Waals surface area (Å²) in [6.45, 7) is 5.39.